The van der Waals surface area contributed by atoms with E-state index in [-0.39, 0.29) is 49.5 Å². The second kappa shape index (κ2) is 11.5. The molecule has 3 nitrogen and oxygen atoms in total. The van der Waals surface area contributed by atoms with Crippen molar-refractivity contribution >= 4 is 8.24 Å². The van der Waals surface area contributed by atoms with Crippen molar-refractivity contribution in [3.8, 4) is 0 Å². The molecule has 4 rings (SSSR count). The summed E-state index contributed by atoms with van der Waals surface area (Å²) >= 11 is 0. The van der Waals surface area contributed by atoms with Crippen LogP contribution in [0.2, 0.25) is 18.6 Å². The molecule has 7 unspecified atom stereocenters. The summed E-state index contributed by atoms with van der Waals surface area (Å²) in [5.74, 6) is 3.68. The minimum atomic E-state index is -1.68. The van der Waals surface area contributed by atoms with Gasteiger partial charge < -0.3 is 32.0 Å². The van der Waals surface area contributed by atoms with Gasteiger partial charge in [0.2, 0.25) is 0 Å². The maximum absolute atomic E-state index is 5.85. The summed E-state index contributed by atoms with van der Waals surface area (Å²) in [5.41, 5.74) is 0.951. The number of hydrogen-bond acceptors (Lipinski definition) is 2. The Morgan fingerprint density at radius 2 is 1.48 bits per heavy atom. The molecule has 0 amide bonds. The third-order valence-corrected chi connectivity index (χ3v) is 12.3. The van der Waals surface area contributed by atoms with Crippen molar-refractivity contribution in [2.75, 3.05) is 14.2 Å². The van der Waals surface area contributed by atoms with E-state index >= 15 is 0 Å². The molecule has 0 aromatic rings. The normalized spacial score (nSPS) is 39.6. The molecule has 1 saturated heterocycles. The van der Waals surface area contributed by atoms with Gasteiger partial charge in [0.1, 0.15) is 0 Å². The maximum Gasteiger partial charge on any atom is 4.00 e. The molecule has 1 heterocycles. The Morgan fingerprint density at radius 3 is 2.03 bits per heavy atom. The second-order valence-corrected chi connectivity index (χ2v) is 15.9. The van der Waals surface area contributed by atoms with Crippen LogP contribution in [0.1, 0.15) is 65.7 Å². The number of methoxy groups -OCH3 is 1. The molecule has 8 atom stereocenters. The van der Waals surface area contributed by atoms with Crippen LogP contribution in [0.3, 0.4) is 0 Å². The first-order valence-electron chi connectivity index (χ1n) is 11.6. The van der Waals surface area contributed by atoms with Crippen LogP contribution >= 0.6 is 0 Å². The van der Waals surface area contributed by atoms with Gasteiger partial charge in [0.05, 0.1) is 6.10 Å². The molecule has 0 bridgehead atoms. The molecule has 31 heavy (non-hydrogen) atoms. The van der Waals surface area contributed by atoms with Gasteiger partial charge in [0.15, 0.2) is 0 Å². The summed E-state index contributed by atoms with van der Waals surface area (Å²) in [6.07, 6.45) is 10.3. The van der Waals surface area contributed by atoms with Crippen molar-refractivity contribution in [1.82, 2.24) is 4.90 Å². The second-order valence-electron chi connectivity index (χ2n) is 11.7. The predicted octanol–water partition coefficient (Wildman–Crippen LogP) is 7.02. The van der Waals surface area contributed by atoms with E-state index in [0.717, 1.165) is 41.3 Å². The van der Waals surface area contributed by atoms with Gasteiger partial charge in [0, 0.05) is 19.2 Å². The summed E-state index contributed by atoms with van der Waals surface area (Å²) < 4.78 is 5.85. The molecule has 0 N–H and O–H groups in total. The number of likely N-dealkylation sites (tertiary alicyclic amines) is 1. The molecule has 180 valence electrons. The van der Waals surface area contributed by atoms with Crippen LogP contribution in [0, 0.1) is 46.0 Å². The van der Waals surface area contributed by atoms with E-state index in [9.17, 15) is 0 Å². The van der Waals surface area contributed by atoms with E-state index in [2.05, 4.69) is 45.8 Å². The van der Waals surface area contributed by atoms with Crippen molar-refractivity contribution in [2.45, 2.75) is 108 Å². The zero-order chi connectivity index (χ0) is 19.6. The summed E-state index contributed by atoms with van der Waals surface area (Å²) in [5, 5.41) is 0. The summed E-state index contributed by atoms with van der Waals surface area (Å²) in [6, 6.07) is 1.59. The fraction of sp³-hybridized carbons (Fsp3) is 0.885. The fourth-order valence-corrected chi connectivity index (χ4v) is 13.0. The Labute approximate surface area is 212 Å². The molecule has 3 aliphatic carbocycles. The molecular weight excluding hydrogens is 432 g/mol. The quantitative estimate of drug-likeness (QED) is 0.318. The first kappa shape index (κ1) is 31.8. The third kappa shape index (κ3) is 5.73. The van der Waals surface area contributed by atoms with Crippen LogP contribution in [-0.4, -0.2) is 51.0 Å². The van der Waals surface area contributed by atoms with Crippen molar-refractivity contribution in [2.24, 2.45) is 23.7 Å². The molecule has 4 fully saturated rings. The number of nitrogens with zero attached hydrogens (tertiary/aromatic N) is 2. The molecule has 0 radical (unpaired) electrons. The summed E-state index contributed by atoms with van der Waals surface area (Å²) in [7, 11) is 2.73. The van der Waals surface area contributed by atoms with Crippen LogP contribution in [-0.2, 0) is 26.5 Å². The predicted molar refractivity (Wildman–Crippen MR) is 136 cm³/mol. The monoisotopic (exact) mass is 484 g/mol. The minimum absolute atomic E-state index is 0. The van der Waals surface area contributed by atoms with Crippen LogP contribution in [0.4, 0.5) is 0 Å². The zero-order valence-electron chi connectivity index (χ0n) is 22.4. The van der Waals surface area contributed by atoms with Crippen molar-refractivity contribution in [1.29, 1.82) is 0 Å². The molecule has 5 heteroatoms. The Hall–Kier alpha value is 0.811. The average molecular weight is 485 g/mol. The van der Waals surface area contributed by atoms with E-state index in [1.165, 1.54) is 44.9 Å². The Kier molecular flexibility index (Phi) is 11.8. The van der Waals surface area contributed by atoms with Crippen molar-refractivity contribution in [3.05, 3.63) is 27.3 Å². The number of fused-ring (bicyclic) bond motifs is 5. The van der Waals surface area contributed by atoms with Crippen LogP contribution in [0.25, 0.3) is 4.98 Å². The summed E-state index contributed by atoms with van der Waals surface area (Å²) in [6.45, 7) is 12.1. The fourth-order valence-electron chi connectivity index (χ4n) is 8.34. The van der Waals surface area contributed by atoms with Crippen molar-refractivity contribution < 1.29 is 26.5 Å². The van der Waals surface area contributed by atoms with E-state index in [1.807, 2.05) is 7.11 Å². The third-order valence-electron chi connectivity index (χ3n) is 8.67. The van der Waals surface area contributed by atoms with E-state index in [1.54, 1.807) is 0 Å². The molecule has 4 aliphatic rings. The van der Waals surface area contributed by atoms with Crippen molar-refractivity contribution in [3.63, 3.8) is 0 Å². The van der Waals surface area contributed by atoms with Crippen LogP contribution < -0.4 is 0 Å². The van der Waals surface area contributed by atoms with Gasteiger partial charge in [0.25, 0.3) is 0 Å². The van der Waals surface area contributed by atoms with Gasteiger partial charge in [-0.2, -0.15) is 0 Å². The standard InChI is InChI=1S/C23H43N2OSi.3CH3.Ti/c1-23(2,3)24-27(6,7)22-17-11-9-8-10-16(17)20-18-14-15(26-5)12-13-19(18)25(4)21(20)22;;;;/h15-22H,8-14H2,1-7H3;3*1H3;/q4*-1;+4/t15?,16?,17?,18?,19?,20-,21?,22?;;;;/m1..../s1. The van der Waals surface area contributed by atoms with Gasteiger partial charge in [-0.3, -0.25) is 4.90 Å². The Bertz CT molecular complexity index is 552. The van der Waals surface area contributed by atoms with Gasteiger partial charge in [-0.25, -0.2) is 0 Å². The number of rotatable bonds is 3. The molecule has 0 aromatic carbocycles. The number of hydrogen-bond donors (Lipinski definition) is 0. The molecule has 0 spiro atoms. The van der Waals surface area contributed by atoms with E-state index in [0.29, 0.717) is 6.10 Å². The SMILES string of the molecule is COC1CCC2C(C1)[C@H]1C3CCCCC3C([Si](C)(C)[N-]C(C)(C)C)C1N2C.[CH3-].[CH3-].[CH3-].[Ti+4]. The largest absolute Gasteiger partial charge is 4.00 e. The molecule has 0 aromatic heterocycles. The molecular formula is C26H52N2OSiTi. The van der Waals surface area contributed by atoms with Crippen LogP contribution in [0.5, 0.6) is 0 Å². The van der Waals surface area contributed by atoms with Crippen LogP contribution in [0.15, 0.2) is 0 Å². The van der Waals surface area contributed by atoms with E-state index in [4.69, 9.17) is 9.72 Å². The van der Waals surface area contributed by atoms with Gasteiger partial charge in [-0.05, 0) is 61.9 Å². The van der Waals surface area contributed by atoms with Gasteiger partial charge in [-0.15, -0.1) is 5.54 Å². The average Bonchev–Trinajstić information content (AvgIpc) is 3.07. The molecule has 1 aliphatic heterocycles. The first-order chi connectivity index (χ1) is 12.6. The van der Waals surface area contributed by atoms with Gasteiger partial charge in [-0.1, -0.05) is 61.4 Å². The topological polar surface area (TPSA) is 26.6 Å². The summed E-state index contributed by atoms with van der Waals surface area (Å²) in [4.78, 5) is 8.42. The van der Waals surface area contributed by atoms with Gasteiger partial charge >= 0.3 is 21.7 Å². The minimum Gasteiger partial charge on any atom is -0.660 e. The smallest absolute Gasteiger partial charge is 0.660 e. The zero-order valence-corrected chi connectivity index (χ0v) is 24.9. The molecule has 3 saturated carbocycles. The Balaban J connectivity index is 0.00000225. The maximum atomic E-state index is 5.85. The Morgan fingerprint density at radius 1 is 0.903 bits per heavy atom. The number of ether oxygens (including phenoxy) is 1. The first-order valence-corrected chi connectivity index (χ1v) is 14.7. The van der Waals surface area contributed by atoms with E-state index < -0.39 is 8.24 Å².